The summed E-state index contributed by atoms with van der Waals surface area (Å²) in [6, 6.07) is 9.07. The van der Waals surface area contributed by atoms with Crippen molar-refractivity contribution in [2.45, 2.75) is 13.5 Å². The first-order valence-electron chi connectivity index (χ1n) is 12.1. The van der Waals surface area contributed by atoms with Crippen molar-refractivity contribution in [2.75, 3.05) is 45.1 Å². The van der Waals surface area contributed by atoms with Gasteiger partial charge in [0.1, 0.15) is 5.69 Å². The Kier molecular flexibility index (Phi) is 7.24. The van der Waals surface area contributed by atoms with Crippen LogP contribution in [0.4, 0.5) is 19.5 Å². The molecule has 0 spiro atoms. The number of thiophene rings is 1. The molecule has 0 unspecified atom stereocenters. The molecule has 37 heavy (non-hydrogen) atoms. The number of amides is 2. The Labute approximate surface area is 217 Å². The standard InChI is InChI=1S/C26H27F2N7OS/c1-3-34(2)15-17-13-31-22(28)12-19(17)18-6-4-5-16-11-21(37-24(16)18)23-20(27)14-32-25(33-23)29-7-9-35-10-8-30-26(35)36/h4-6,11-14H,3,7-10,15H2,1-2H3,(H,30,36)(H,29,32,33). The van der Waals surface area contributed by atoms with E-state index in [0.29, 0.717) is 37.6 Å². The summed E-state index contributed by atoms with van der Waals surface area (Å²) in [4.78, 5) is 28.5. The molecule has 0 saturated carbocycles. The Balaban J connectivity index is 1.46. The third-order valence-corrected chi connectivity index (χ3v) is 7.55. The van der Waals surface area contributed by atoms with Gasteiger partial charge in [0.05, 0.1) is 11.1 Å². The Hall–Kier alpha value is -3.70. The highest BCUT2D eigenvalue weighted by atomic mass is 32.1. The van der Waals surface area contributed by atoms with Gasteiger partial charge in [0.25, 0.3) is 0 Å². The van der Waals surface area contributed by atoms with Crippen LogP contribution in [0.25, 0.3) is 31.8 Å². The third-order valence-electron chi connectivity index (χ3n) is 6.35. The Morgan fingerprint density at radius 3 is 2.84 bits per heavy atom. The van der Waals surface area contributed by atoms with Gasteiger partial charge in [-0.2, -0.15) is 4.39 Å². The van der Waals surface area contributed by atoms with Gasteiger partial charge < -0.3 is 20.4 Å². The van der Waals surface area contributed by atoms with E-state index in [1.54, 1.807) is 11.1 Å². The summed E-state index contributed by atoms with van der Waals surface area (Å²) in [6.07, 6.45) is 2.73. The molecule has 4 aromatic rings. The number of carbonyl (C=O) groups excluding carboxylic acids is 1. The number of aromatic nitrogens is 3. The van der Waals surface area contributed by atoms with Gasteiger partial charge in [-0.1, -0.05) is 25.1 Å². The van der Waals surface area contributed by atoms with Crippen molar-refractivity contribution < 1.29 is 13.6 Å². The van der Waals surface area contributed by atoms with Gasteiger partial charge in [0, 0.05) is 55.3 Å². The molecule has 2 amide bonds. The third kappa shape index (κ3) is 5.37. The molecular formula is C26H27F2N7OS. The number of fused-ring (bicyclic) bond motifs is 1. The summed E-state index contributed by atoms with van der Waals surface area (Å²) in [7, 11) is 2.00. The van der Waals surface area contributed by atoms with Crippen LogP contribution in [0.15, 0.2) is 42.7 Å². The first-order chi connectivity index (χ1) is 17.9. The van der Waals surface area contributed by atoms with Crippen molar-refractivity contribution in [2.24, 2.45) is 0 Å². The lowest BCUT2D eigenvalue weighted by atomic mass is 10.00. The minimum absolute atomic E-state index is 0.0952. The number of anilines is 1. The molecule has 1 saturated heterocycles. The van der Waals surface area contributed by atoms with Crippen LogP contribution in [0.2, 0.25) is 0 Å². The molecule has 1 aliphatic heterocycles. The molecular weight excluding hydrogens is 496 g/mol. The summed E-state index contributed by atoms with van der Waals surface area (Å²) < 4.78 is 30.0. The molecule has 2 N–H and O–H groups in total. The van der Waals surface area contributed by atoms with Crippen molar-refractivity contribution in [1.29, 1.82) is 0 Å². The number of nitrogens with one attached hydrogen (secondary N) is 2. The monoisotopic (exact) mass is 523 g/mol. The maximum absolute atomic E-state index is 14.9. The highest BCUT2D eigenvalue weighted by Crippen LogP contribution is 2.40. The maximum Gasteiger partial charge on any atom is 0.317 e. The molecule has 5 rings (SSSR count). The van der Waals surface area contributed by atoms with Crippen molar-refractivity contribution in [3.8, 4) is 21.7 Å². The van der Waals surface area contributed by atoms with Crippen LogP contribution >= 0.6 is 11.3 Å². The van der Waals surface area contributed by atoms with Gasteiger partial charge in [-0.3, -0.25) is 0 Å². The highest BCUT2D eigenvalue weighted by Gasteiger charge is 2.20. The minimum Gasteiger partial charge on any atom is -0.352 e. The van der Waals surface area contributed by atoms with E-state index in [0.717, 1.165) is 39.5 Å². The summed E-state index contributed by atoms with van der Waals surface area (Å²) in [5, 5.41) is 6.75. The zero-order valence-corrected chi connectivity index (χ0v) is 21.4. The first-order valence-corrected chi connectivity index (χ1v) is 12.9. The van der Waals surface area contributed by atoms with Gasteiger partial charge in [-0.25, -0.2) is 24.1 Å². The van der Waals surface area contributed by atoms with Crippen LogP contribution in [0.3, 0.4) is 0 Å². The molecule has 4 heterocycles. The molecule has 192 valence electrons. The number of hydrogen-bond acceptors (Lipinski definition) is 7. The topological polar surface area (TPSA) is 86.3 Å². The number of pyridine rings is 1. The largest absolute Gasteiger partial charge is 0.352 e. The van der Waals surface area contributed by atoms with E-state index in [2.05, 4.69) is 37.4 Å². The fourth-order valence-corrected chi connectivity index (χ4v) is 5.46. The number of carbonyl (C=O) groups is 1. The van der Waals surface area contributed by atoms with Crippen LogP contribution in [0.1, 0.15) is 12.5 Å². The van der Waals surface area contributed by atoms with E-state index in [1.807, 2.05) is 31.3 Å². The van der Waals surface area contributed by atoms with Gasteiger partial charge in [0.2, 0.25) is 11.9 Å². The fraction of sp³-hybridized carbons (Fsp3) is 0.308. The Bertz CT molecular complexity index is 1440. The lowest BCUT2D eigenvalue weighted by Gasteiger charge is -2.17. The highest BCUT2D eigenvalue weighted by molar-refractivity contribution is 7.22. The predicted octanol–water partition coefficient (Wildman–Crippen LogP) is 4.59. The molecule has 3 aromatic heterocycles. The van der Waals surface area contributed by atoms with E-state index in [1.165, 1.54) is 17.4 Å². The molecule has 0 radical (unpaired) electrons. The second-order valence-corrected chi connectivity index (χ2v) is 9.92. The average molecular weight is 524 g/mol. The number of rotatable bonds is 9. The van der Waals surface area contributed by atoms with Gasteiger partial charge in [-0.15, -0.1) is 11.3 Å². The molecule has 0 bridgehead atoms. The summed E-state index contributed by atoms with van der Waals surface area (Å²) in [6.45, 7) is 5.75. The predicted molar refractivity (Wildman–Crippen MR) is 141 cm³/mol. The van der Waals surface area contributed by atoms with Crippen LogP contribution < -0.4 is 10.6 Å². The SMILES string of the molecule is CCN(C)Cc1cnc(F)cc1-c1cccc2cc(-c3nc(NCCN4CCNC4=O)ncc3F)sc12. The molecule has 0 atom stereocenters. The lowest BCUT2D eigenvalue weighted by molar-refractivity contribution is 0.219. The molecule has 8 nitrogen and oxygen atoms in total. The Morgan fingerprint density at radius 1 is 1.19 bits per heavy atom. The van der Waals surface area contributed by atoms with Crippen LogP contribution in [0, 0.1) is 11.8 Å². The smallest absolute Gasteiger partial charge is 0.317 e. The lowest BCUT2D eigenvalue weighted by Crippen LogP contribution is -2.32. The van der Waals surface area contributed by atoms with Gasteiger partial charge >= 0.3 is 6.03 Å². The van der Waals surface area contributed by atoms with Crippen LogP contribution in [0.5, 0.6) is 0 Å². The minimum atomic E-state index is -0.546. The van der Waals surface area contributed by atoms with Crippen LogP contribution in [-0.2, 0) is 6.54 Å². The van der Waals surface area contributed by atoms with E-state index in [4.69, 9.17) is 0 Å². The average Bonchev–Trinajstić information content (AvgIpc) is 3.52. The maximum atomic E-state index is 14.9. The van der Waals surface area contributed by atoms with Crippen molar-refractivity contribution in [3.63, 3.8) is 0 Å². The summed E-state index contributed by atoms with van der Waals surface area (Å²) in [5.74, 6) is -0.789. The first kappa shape index (κ1) is 25.0. The van der Waals surface area contributed by atoms with E-state index in [-0.39, 0.29) is 17.7 Å². The number of hydrogen-bond donors (Lipinski definition) is 2. The fourth-order valence-electron chi connectivity index (χ4n) is 4.28. The second kappa shape index (κ2) is 10.7. The van der Waals surface area contributed by atoms with E-state index >= 15 is 0 Å². The van der Waals surface area contributed by atoms with Crippen molar-refractivity contribution in [3.05, 3.63) is 60.1 Å². The number of halogens is 2. The van der Waals surface area contributed by atoms with E-state index in [9.17, 15) is 13.6 Å². The van der Waals surface area contributed by atoms with Gasteiger partial charge in [0.15, 0.2) is 5.82 Å². The zero-order valence-electron chi connectivity index (χ0n) is 20.6. The number of benzene rings is 1. The van der Waals surface area contributed by atoms with Gasteiger partial charge in [-0.05, 0) is 36.2 Å². The normalized spacial score (nSPS) is 13.5. The quantitative estimate of drug-likeness (QED) is 0.312. The summed E-state index contributed by atoms with van der Waals surface area (Å²) >= 11 is 1.40. The second-order valence-electron chi connectivity index (χ2n) is 8.87. The number of urea groups is 1. The Morgan fingerprint density at radius 2 is 2.05 bits per heavy atom. The zero-order chi connectivity index (χ0) is 25.9. The van der Waals surface area contributed by atoms with Crippen molar-refractivity contribution in [1.82, 2.24) is 30.1 Å². The number of nitrogens with zero attached hydrogens (tertiary/aromatic N) is 5. The van der Waals surface area contributed by atoms with E-state index < -0.39 is 11.8 Å². The molecule has 11 heteroatoms. The van der Waals surface area contributed by atoms with Crippen molar-refractivity contribution >= 4 is 33.4 Å². The molecule has 0 aliphatic carbocycles. The van der Waals surface area contributed by atoms with Crippen LogP contribution in [-0.4, -0.2) is 70.6 Å². The molecule has 1 aromatic carbocycles. The molecule has 1 aliphatic rings. The molecule has 1 fully saturated rings. The summed E-state index contributed by atoms with van der Waals surface area (Å²) in [5.41, 5.74) is 2.74.